The van der Waals surface area contributed by atoms with E-state index in [-0.39, 0.29) is 17.6 Å². The van der Waals surface area contributed by atoms with Crippen LogP contribution in [0.2, 0.25) is 0 Å². The molecular formula is C17H16N2O3. The Morgan fingerprint density at radius 3 is 1.23 bits per heavy atom. The highest BCUT2D eigenvalue weighted by Gasteiger charge is 2.09. The number of ketones is 1. The molecule has 2 aromatic rings. The summed E-state index contributed by atoms with van der Waals surface area (Å²) in [6.07, 6.45) is 0. The molecule has 0 aliphatic rings. The van der Waals surface area contributed by atoms with Crippen LogP contribution >= 0.6 is 0 Å². The fourth-order valence-electron chi connectivity index (χ4n) is 1.98. The van der Waals surface area contributed by atoms with Crippen LogP contribution in [0.25, 0.3) is 0 Å². The van der Waals surface area contributed by atoms with E-state index < -0.39 is 0 Å². The molecule has 2 N–H and O–H groups in total. The lowest BCUT2D eigenvalue weighted by molar-refractivity contribution is -0.115. The molecule has 0 saturated heterocycles. The molecule has 0 aromatic heterocycles. The Morgan fingerprint density at radius 2 is 0.955 bits per heavy atom. The first-order chi connectivity index (χ1) is 10.5. The minimum Gasteiger partial charge on any atom is -0.326 e. The van der Waals surface area contributed by atoms with Gasteiger partial charge in [0, 0.05) is 36.3 Å². The number of anilines is 2. The van der Waals surface area contributed by atoms with Crippen LogP contribution in [0.4, 0.5) is 11.4 Å². The van der Waals surface area contributed by atoms with Crippen molar-refractivity contribution in [2.24, 2.45) is 0 Å². The molecular weight excluding hydrogens is 280 g/mol. The predicted octanol–water partition coefficient (Wildman–Crippen LogP) is 2.83. The van der Waals surface area contributed by atoms with Gasteiger partial charge in [-0.1, -0.05) is 0 Å². The number of hydrogen-bond acceptors (Lipinski definition) is 3. The summed E-state index contributed by atoms with van der Waals surface area (Å²) in [7, 11) is 0. The molecule has 5 nitrogen and oxygen atoms in total. The van der Waals surface area contributed by atoms with Crippen LogP contribution in [0.3, 0.4) is 0 Å². The second-order valence-corrected chi connectivity index (χ2v) is 4.85. The van der Waals surface area contributed by atoms with Crippen LogP contribution in [0, 0.1) is 0 Å². The lowest BCUT2D eigenvalue weighted by Gasteiger charge is -2.06. The van der Waals surface area contributed by atoms with E-state index >= 15 is 0 Å². The standard InChI is InChI=1S/C17H16N2O3/c1-11(20)18-15-7-3-13(4-8-15)17(22)14-5-9-16(10-6-14)19-12(2)21/h3-10H,1-2H3,(H,18,20)(H,19,21). The number of carbonyl (C=O) groups is 3. The molecule has 0 radical (unpaired) electrons. The van der Waals surface area contributed by atoms with Gasteiger partial charge in [0.15, 0.2) is 5.78 Å². The van der Waals surface area contributed by atoms with E-state index in [0.29, 0.717) is 22.5 Å². The molecule has 0 heterocycles. The Hall–Kier alpha value is -2.95. The summed E-state index contributed by atoms with van der Waals surface area (Å²) in [4.78, 5) is 34.2. The Morgan fingerprint density at radius 1 is 0.636 bits per heavy atom. The van der Waals surface area contributed by atoms with Crippen molar-refractivity contribution in [2.45, 2.75) is 13.8 Å². The van der Waals surface area contributed by atoms with Crippen LogP contribution in [0.1, 0.15) is 29.8 Å². The third-order valence-electron chi connectivity index (χ3n) is 2.93. The number of carbonyl (C=O) groups excluding carboxylic acids is 3. The van der Waals surface area contributed by atoms with Gasteiger partial charge in [-0.15, -0.1) is 0 Å². The second-order valence-electron chi connectivity index (χ2n) is 4.85. The molecule has 2 amide bonds. The second kappa shape index (κ2) is 6.67. The molecule has 0 atom stereocenters. The Kier molecular flexibility index (Phi) is 4.68. The topological polar surface area (TPSA) is 75.3 Å². The predicted molar refractivity (Wildman–Crippen MR) is 84.9 cm³/mol. The first-order valence-corrected chi connectivity index (χ1v) is 6.76. The molecule has 0 saturated carbocycles. The molecule has 0 spiro atoms. The van der Waals surface area contributed by atoms with Gasteiger partial charge >= 0.3 is 0 Å². The average molecular weight is 296 g/mol. The van der Waals surface area contributed by atoms with Gasteiger partial charge in [-0.3, -0.25) is 14.4 Å². The maximum atomic E-state index is 12.3. The molecule has 0 bridgehead atoms. The van der Waals surface area contributed by atoms with Gasteiger partial charge in [-0.25, -0.2) is 0 Å². The largest absolute Gasteiger partial charge is 0.326 e. The van der Waals surface area contributed by atoms with Gasteiger partial charge in [0.05, 0.1) is 0 Å². The quantitative estimate of drug-likeness (QED) is 0.852. The van der Waals surface area contributed by atoms with E-state index in [9.17, 15) is 14.4 Å². The van der Waals surface area contributed by atoms with E-state index in [1.54, 1.807) is 48.5 Å². The van der Waals surface area contributed by atoms with Crippen molar-refractivity contribution in [3.8, 4) is 0 Å². The molecule has 22 heavy (non-hydrogen) atoms. The van der Waals surface area contributed by atoms with Crippen molar-refractivity contribution in [1.29, 1.82) is 0 Å². The normalized spacial score (nSPS) is 9.91. The van der Waals surface area contributed by atoms with E-state index in [1.807, 2.05) is 0 Å². The van der Waals surface area contributed by atoms with Crippen molar-refractivity contribution in [1.82, 2.24) is 0 Å². The highest BCUT2D eigenvalue weighted by Crippen LogP contribution is 2.16. The number of benzene rings is 2. The zero-order chi connectivity index (χ0) is 16.1. The minimum absolute atomic E-state index is 0.122. The van der Waals surface area contributed by atoms with Crippen LogP contribution in [-0.4, -0.2) is 17.6 Å². The van der Waals surface area contributed by atoms with Crippen molar-refractivity contribution in [2.75, 3.05) is 10.6 Å². The van der Waals surface area contributed by atoms with E-state index in [0.717, 1.165) is 0 Å². The maximum Gasteiger partial charge on any atom is 0.221 e. The van der Waals surface area contributed by atoms with Crippen molar-refractivity contribution >= 4 is 29.0 Å². The van der Waals surface area contributed by atoms with Crippen molar-refractivity contribution < 1.29 is 14.4 Å². The zero-order valence-corrected chi connectivity index (χ0v) is 12.3. The minimum atomic E-state index is -0.160. The average Bonchev–Trinajstić information content (AvgIpc) is 2.47. The molecule has 0 aliphatic carbocycles. The van der Waals surface area contributed by atoms with Gasteiger partial charge in [0.2, 0.25) is 11.8 Å². The highest BCUT2D eigenvalue weighted by molar-refractivity contribution is 6.09. The van der Waals surface area contributed by atoms with Gasteiger partial charge in [-0.2, -0.15) is 0 Å². The summed E-state index contributed by atoms with van der Waals surface area (Å²) < 4.78 is 0. The fourth-order valence-corrected chi connectivity index (χ4v) is 1.98. The van der Waals surface area contributed by atoms with Gasteiger partial charge < -0.3 is 10.6 Å². The summed E-state index contributed by atoms with van der Waals surface area (Å²) in [5.74, 6) is -0.441. The first-order valence-electron chi connectivity index (χ1n) is 6.76. The molecule has 0 unspecified atom stereocenters. The van der Waals surface area contributed by atoms with Crippen LogP contribution < -0.4 is 10.6 Å². The van der Waals surface area contributed by atoms with Gasteiger partial charge in [-0.05, 0) is 48.5 Å². The SMILES string of the molecule is CC(=O)Nc1ccc(C(=O)c2ccc(NC(C)=O)cc2)cc1. The summed E-state index contributed by atoms with van der Waals surface area (Å²) in [6.45, 7) is 2.85. The summed E-state index contributed by atoms with van der Waals surface area (Å²) in [5.41, 5.74) is 2.35. The van der Waals surface area contributed by atoms with Crippen molar-refractivity contribution in [3.05, 3.63) is 59.7 Å². The highest BCUT2D eigenvalue weighted by atomic mass is 16.2. The smallest absolute Gasteiger partial charge is 0.221 e. The van der Waals surface area contributed by atoms with Gasteiger partial charge in [0.1, 0.15) is 0 Å². The maximum absolute atomic E-state index is 12.3. The van der Waals surface area contributed by atoms with Crippen LogP contribution in [-0.2, 0) is 9.59 Å². The number of nitrogens with one attached hydrogen (secondary N) is 2. The number of amides is 2. The van der Waals surface area contributed by atoms with E-state index in [1.165, 1.54) is 13.8 Å². The number of hydrogen-bond donors (Lipinski definition) is 2. The fraction of sp³-hybridized carbons (Fsp3) is 0.118. The molecule has 112 valence electrons. The Labute approximate surface area is 128 Å². The van der Waals surface area contributed by atoms with Gasteiger partial charge in [0.25, 0.3) is 0 Å². The monoisotopic (exact) mass is 296 g/mol. The summed E-state index contributed by atoms with van der Waals surface area (Å²) >= 11 is 0. The molecule has 5 heteroatoms. The molecule has 0 fully saturated rings. The third kappa shape index (κ3) is 4.02. The van der Waals surface area contributed by atoms with E-state index in [2.05, 4.69) is 10.6 Å². The third-order valence-corrected chi connectivity index (χ3v) is 2.93. The first kappa shape index (κ1) is 15.4. The summed E-state index contributed by atoms with van der Waals surface area (Å²) in [5, 5.41) is 5.29. The molecule has 2 rings (SSSR count). The molecule has 0 aliphatic heterocycles. The molecule has 2 aromatic carbocycles. The number of rotatable bonds is 4. The van der Waals surface area contributed by atoms with E-state index in [4.69, 9.17) is 0 Å². The van der Waals surface area contributed by atoms with Crippen molar-refractivity contribution in [3.63, 3.8) is 0 Å². The summed E-state index contributed by atoms with van der Waals surface area (Å²) in [6, 6.07) is 13.4. The Bertz CT molecular complexity index is 642. The lowest BCUT2D eigenvalue weighted by Crippen LogP contribution is -2.07. The Balaban J connectivity index is 2.13. The van der Waals surface area contributed by atoms with Crippen LogP contribution in [0.15, 0.2) is 48.5 Å². The zero-order valence-electron chi connectivity index (χ0n) is 12.3. The lowest BCUT2D eigenvalue weighted by atomic mass is 10.0. The van der Waals surface area contributed by atoms with Crippen LogP contribution in [0.5, 0.6) is 0 Å².